The molecule has 0 fully saturated rings. The summed E-state index contributed by atoms with van der Waals surface area (Å²) >= 11 is 0. The Bertz CT molecular complexity index is 810. The van der Waals surface area contributed by atoms with E-state index in [1.807, 2.05) is 42.5 Å². The van der Waals surface area contributed by atoms with E-state index in [-0.39, 0.29) is 0 Å². The van der Waals surface area contributed by atoms with Crippen LogP contribution in [-0.4, -0.2) is 13.2 Å². The van der Waals surface area contributed by atoms with Gasteiger partial charge in [-0.1, -0.05) is 48.5 Å². The van der Waals surface area contributed by atoms with Crippen molar-refractivity contribution in [3.63, 3.8) is 0 Å². The molecular formula is C23H25NO2. The van der Waals surface area contributed by atoms with Gasteiger partial charge in [0.25, 0.3) is 0 Å². The lowest BCUT2D eigenvalue weighted by atomic mass is 10.1. The van der Waals surface area contributed by atoms with Crippen molar-refractivity contribution in [3.05, 3.63) is 89.5 Å². The highest BCUT2D eigenvalue weighted by Gasteiger charge is 2.03. The number of aryl methyl sites for hydroxylation is 2. The van der Waals surface area contributed by atoms with Gasteiger partial charge in [0.2, 0.25) is 0 Å². The van der Waals surface area contributed by atoms with Gasteiger partial charge < -0.3 is 14.8 Å². The molecule has 3 rings (SSSR count). The summed E-state index contributed by atoms with van der Waals surface area (Å²) in [6.07, 6.45) is 0. The first-order valence-corrected chi connectivity index (χ1v) is 8.91. The minimum atomic E-state index is 0.554. The van der Waals surface area contributed by atoms with Crippen molar-refractivity contribution in [2.24, 2.45) is 0 Å². The summed E-state index contributed by atoms with van der Waals surface area (Å²) < 4.78 is 11.8. The molecule has 0 saturated heterocycles. The fraction of sp³-hybridized carbons (Fsp3) is 0.217. The second-order valence-corrected chi connectivity index (χ2v) is 6.37. The number of nitrogens with one attached hydrogen (secondary N) is 1. The highest BCUT2D eigenvalue weighted by molar-refractivity contribution is 5.56. The number of hydrogen-bond acceptors (Lipinski definition) is 3. The third-order valence-electron chi connectivity index (χ3n) is 4.01. The molecule has 3 heteroatoms. The zero-order valence-electron chi connectivity index (χ0n) is 15.4. The van der Waals surface area contributed by atoms with Crippen molar-refractivity contribution in [1.82, 2.24) is 0 Å². The summed E-state index contributed by atoms with van der Waals surface area (Å²) in [7, 11) is 0. The van der Waals surface area contributed by atoms with Gasteiger partial charge in [-0.15, -0.1) is 0 Å². The maximum absolute atomic E-state index is 5.97. The first kappa shape index (κ1) is 17.9. The Labute approximate surface area is 155 Å². The molecule has 0 aliphatic heterocycles. The van der Waals surface area contributed by atoms with E-state index in [9.17, 15) is 0 Å². The maximum Gasteiger partial charge on any atom is 0.142 e. The fourth-order valence-corrected chi connectivity index (χ4v) is 2.84. The van der Waals surface area contributed by atoms with Crippen LogP contribution in [0.1, 0.15) is 16.7 Å². The Morgan fingerprint density at radius 3 is 2.23 bits per heavy atom. The molecule has 3 aromatic carbocycles. The lowest BCUT2D eigenvalue weighted by Crippen LogP contribution is -2.12. The third-order valence-corrected chi connectivity index (χ3v) is 4.01. The number of rotatable bonds is 8. The Morgan fingerprint density at radius 2 is 1.46 bits per heavy atom. The molecule has 3 nitrogen and oxygen atoms in total. The molecule has 0 aliphatic rings. The maximum atomic E-state index is 5.97. The van der Waals surface area contributed by atoms with E-state index in [0.29, 0.717) is 19.8 Å². The van der Waals surface area contributed by atoms with Crippen LogP contribution in [0, 0.1) is 13.8 Å². The molecule has 134 valence electrons. The topological polar surface area (TPSA) is 30.5 Å². The second-order valence-electron chi connectivity index (χ2n) is 6.37. The largest absolute Gasteiger partial charge is 0.492 e. The Kier molecular flexibility index (Phi) is 6.15. The Balaban J connectivity index is 1.51. The van der Waals surface area contributed by atoms with Crippen LogP contribution in [0.2, 0.25) is 0 Å². The molecule has 0 bridgehead atoms. The normalized spacial score (nSPS) is 10.4. The molecule has 3 aromatic rings. The standard InChI is InChI=1S/C23H25NO2/c1-18-14-19(2)16-21(15-18)25-13-12-24-22-10-6-7-11-23(22)26-17-20-8-4-3-5-9-20/h3-11,14-16,24H,12-13,17H2,1-2H3. The molecule has 0 atom stereocenters. The molecule has 0 amide bonds. The van der Waals surface area contributed by atoms with E-state index >= 15 is 0 Å². The molecule has 0 aromatic heterocycles. The SMILES string of the molecule is Cc1cc(C)cc(OCCNc2ccccc2OCc2ccccc2)c1. The van der Waals surface area contributed by atoms with Crippen molar-refractivity contribution in [1.29, 1.82) is 0 Å². The number of para-hydroxylation sites is 2. The molecule has 0 unspecified atom stereocenters. The Hall–Kier alpha value is -2.94. The second kappa shape index (κ2) is 8.95. The lowest BCUT2D eigenvalue weighted by Gasteiger charge is -2.14. The average molecular weight is 347 g/mol. The van der Waals surface area contributed by atoms with Crippen molar-refractivity contribution < 1.29 is 9.47 Å². The van der Waals surface area contributed by atoms with Gasteiger partial charge in [0.1, 0.15) is 24.7 Å². The van der Waals surface area contributed by atoms with Gasteiger partial charge in [0, 0.05) is 6.54 Å². The zero-order valence-corrected chi connectivity index (χ0v) is 15.4. The third kappa shape index (κ3) is 5.28. The molecule has 0 heterocycles. The van der Waals surface area contributed by atoms with Crippen LogP contribution in [0.3, 0.4) is 0 Å². The van der Waals surface area contributed by atoms with E-state index in [0.717, 1.165) is 22.7 Å². The van der Waals surface area contributed by atoms with Crippen LogP contribution in [0.5, 0.6) is 11.5 Å². The smallest absolute Gasteiger partial charge is 0.142 e. The van der Waals surface area contributed by atoms with Crippen molar-refractivity contribution >= 4 is 5.69 Å². The summed E-state index contributed by atoms with van der Waals surface area (Å²) in [5.41, 5.74) is 4.56. The van der Waals surface area contributed by atoms with E-state index in [2.05, 4.69) is 49.5 Å². The van der Waals surface area contributed by atoms with Gasteiger partial charge in [-0.2, -0.15) is 0 Å². The van der Waals surface area contributed by atoms with Gasteiger partial charge in [-0.3, -0.25) is 0 Å². The van der Waals surface area contributed by atoms with Gasteiger partial charge in [0.05, 0.1) is 5.69 Å². The Morgan fingerprint density at radius 1 is 0.769 bits per heavy atom. The summed E-state index contributed by atoms with van der Waals surface area (Å²) in [5.74, 6) is 1.76. The molecule has 0 radical (unpaired) electrons. The summed E-state index contributed by atoms with van der Waals surface area (Å²) in [6, 6.07) is 24.4. The number of benzene rings is 3. The quantitative estimate of drug-likeness (QED) is 0.555. The van der Waals surface area contributed by atoms with Crippen LogP contribution in [0.15, 0.2) is 72.8 Å². The average Bonchev–Trinajstić information content (AvgIpc) is 2.64. The van der Waals surface area contributed by atoms with Crippen LogP contribution in [0.25, 0.3) is 0 Å². The predicted molar refractivity (Wildman–Crippen MR) is 107 cm³/mol. The molecular weight excluding hydrogens is 322 g/mol. The van der Waals surface area contributed by atoms with Crippen molar-refractivity contribution in [2.45, 2.75) is 20.5 Å². The number of anilines is 1. The highest BCUT2D eigenvalue weighted by atomic mass is 16.5. The first-order chi connectivity index (χ1) is 12.7. The van der Waals surface area contributed by atoms with Crippen LogP contribution in [0.4, 0.5) is 5.69 Å². The minimum Gasteiger partial charge on any atom is -0.492 e. The van der Waals surface area contributed by atoms with E-state index in [1.54, 1.807) is 0 Å². The lowest BCUT2D eigenvalue weighted by molar-refractivity contribution is 0.306. The van der Waals surface area contributed by atoms with Gasteiger partial charge in [0.15, 0.2) is 0 Å². The monoisotopic (exact) mass is 347 g/mol. The van der Waals surface area contributed by atoms with Gasteiger partial charge in [-0.25, -0.2) is 0 Å². The van der Waals surface area contributed by atoms with Crippen LogP contribution >= 0.6 is 0 Å². The molecule has 0 spiro atoms. The van der Waals surface area contributed by atoms with Gasteiger partial charge in [-0.05, 0) is 54.8 Å². The minimum absolute atomic E-state index is 0.554. The van der Waals surface area contributed by atoms with E-state index < -0.39 is 0 Å². The van der Waals surface area contributed by atoms with E-state index in [4.69, 9.17) is 9.47 Å². The van der Waals surface area contributed by atoms with Gasteiger partial charge >= 0.3 is 0 Å². The van der Waals surface area contributed by atoms with Crippen molar-refractivity contribution in [3.8, 4) is 11.5 Å². The summed E-state index contributed by atoms with van der Waals surface area (Å²) in [4.78, 5) is 0. The van der Waals surface area contributed by atoms with E-state index in [1.165, 1.54) is 11.1 Å². The number of ether oxygens (including phenoxy) is 2. The van der Waals surface area contributed by atoms with Crippen LogP contribution < -0.4 is 14.8 Å². The molecule has 1 N–H and O–H groups in total. The zero-order chi connectivity index (χ0) is 18.2. The van der Waals surface area contributed by atoms with Crippen molar-refractivity contribution in [2.75, 3.05) is 18.5 Å². The summed E-state index contributed by atoms with van der Waals surface area (Å²) in [5, 5.41) is 3.40. The molecule has 0 aliphatic carbocycles. The fourth-order valence-electron chi connectivity index (χ4n) is 2.84. The first-order valence-electron chi connectivity index (χ1n) is 8.91. The molecule has 0 saturated carbocycles. The molecule has 26 heavy (non-hydrogen) atoms. The number of hydrogen-bond donors (Lipinski definition) is 1. The predicted octanol–water partition coefficient (Wildman–Crippen LogP) is 5.37. The highest BCUT2D eigenvalue weighted by Crippen LogP contribution is 2.24. The summed E-state index contributed by atoms with van der Waals surface area (Å²) in [6.45, 7) is 6.02. The van der Waals surface area contributed by atoms with Crippen LogP contribution in [-0.2, 0) is 6.61 Å².